The molecule has 2 nitrogen and oxygen atoms in total. The van der Waals surface area contributed by atoms with Crippen LogP contribution in [-0.2, 0) is 0 Å². The molecule has 0 unspecified atom stereocenters. The van der Waals surface area contributed by atoms with Crippen LogP contribution < -0.4 is 0 Å². The molecule has 12 heavy (non-hydrogen) atoms. The molecule has 0 saturated carbocycles. The van der Waals surface area contributed by atoms with E-state index in [1.807, 2.05) is 19.1 Å². The number of aliphatic imine (C=N–C) groups is 1. The first-order chi connectivity index (χ1) is 5.61. The van der Waals surface area contributed by atoms with Crippen molar-refractivity contribution in [2.24, 2.45) is 10.9 Å². The third kappa shape index (κ3) is 3.72. The highest BCUT2D eigenvalue weighted by Crippen LogP contribution is 2.10. The van der Waals surface area contributed by atoms with Crippen molar-refractivity contribution in [3.05, 3.63) is 23.4 Å². The van der Waals surface area contributed by atoms with Gasteiger partial charge in [0.2, 0.25) is 0 Å². The second-order valence-corrected chi connectivity index (χ2v) is 2.92. The first-order valence-electron chi connectivity index (χ1n) is 3.86. The highest BCUT2D eigenvalue weighted by atomic mass is 14.6. The van der Waals surface area contributed by atoms with Crippen molar-refractivity contribution in [2.45, 2.75) is 20.8 Å². The number of nitriles is 1. The van der Waals surface area contributed by atoms with Crippen LogP contribution in [0.1, 0.15) is 20.8 Å². The van der Waals surface area contributed by atoms with E-state index in [0.29, 0.717) is 11.5 Å². The van der Waals surface area contributed by atoms with Crippen molar-refractivity contribution in [3.8, 4) is 6.07 Å². The van der Waals surface area contributed by atoms with Crippen LogP contribution in [0.25, 0.3) is 0 Å². The Morgan fingerprint density at radius 2 is 2.17 bits per heavy atom. The van der Waals surface area contributed by atoms with E-state index in [0.717, 1.165) is 0 Å². The molecule has 0 aliphatic carbocycles. The molecule has 0 aliphatic rings. The molecule has 0 N–H and O–H groups in total. The molecule has 0 aromatic rings. The molecule has 0 rings (SSSR count). The van der Waals surface area contributed by atoms with Gasteiger partial charge in [-0.05, 0) is 25.6 Å². The average molecular weight is 162 g/mol. The van der Waals surface area contributed by atoms with Gasteiger partial charge >= 0.3 is 0 Å². The molecule has 2 heteroatoms. The quantitative estimate of drug-likeness (QED) is 0.357. The van der Waals surface area contributed by atoms with Crippen LogP contribution in [0, 0.1) is 17.2 Å². The second kappa shape index (κ2) is 5.31. The fourth-order valence-corrected chi connectivity index (χ4v) is 0.609. The zero-order chi connectivity index (χ0) is 9.56. The SMILES string of the molecule is C=N/C=C(C#N)\C=C(/C)C(C)C. The van der Waals surface area contributed by atoms with Gasteiger partial charge in [0.25, 0.3) is 0 Å². The zero-order valence-electron chi connectivity index (χ0n) is 7.83. The molecule has 0 bridgehead atoms. The van der Waals surface area contributed by atoms with Gasteiger partial charge in [-0.15, -0.1) is 0 Å². The summed E-state index contributed by atoms with van der Waals surface area (Å²) in [5.41, 5.74) is 1.72. The lowest BCUT2D eigenvalue weighted by atomic mass is 10.0. The standard InChI is InChI=1S/C10H14N2/c1-8(2)9(3)5-10(6-11)7-12-4/h5,7-8H,4H2,1-3H3/b9-5+,10-7+. The van der Waals surface area contributed by atoms with Gasteiger partial charge in [-0.3, -0.25) is 4.99 Å². The normalized spacial score (nSPS) is 12.9. The summed E-state index contributed by atoms with van der Waals surface area (Å²) in [6.45, 7) is 9.46. The smallest absolute Gasteiger partial charge is 0.101 e. The number of hydrogen-bond acceptors (Lipinski definition) is 2. The van der Waals surface area contributed by atoms with Crippen LogP contribution in [-0.4, -0.2) is 6.72 Å². The Morgan fingerprint density at radius 3 is 2.50 bits per heavy atom. The summed E-state index contributed by atoms with van der Waals surface area (Å²) in [4.78, 5) is 3.54. The van der Waals surface area contributed by atoms with Crippen LogP contribution in [0.2, 0.25) is 0 Å². The molecular weight excluding hydrogens is 148 g/mol. The number of allylic oxidation sites excluding steroid dienone is 3. The van der Waals surface area contributed by atoms with E-state index in [-0.39, 0.29) is 0 Å². The Bertz CT molecular complexity index is 252. The van der Waals surface area contributed by atoms with Crippen LogP contribution in [0.5, 0.6) is 0 Å². The first kappa shape index (κ1) is 10.6. The van der Waals surface area contributed by atoms with Crippen molar-refractivity contribution < 1.29 is 0 Å². The molecule has 0 heterocycles. The van der Waals surface area contributed by atoms with Gasteiger partial charge in [0.15, 0.2) is 0 Å². The van der Waals surface area contributed by atoms with Gasteiger partial charge in [0.1, 0.15) is 6.07 Å². The largest absolute Gasteiger partial charge is 0.271 e. The molecule has 0 amide bonds. The van der Waals surface area contributed by atoms with Crippen molar-refractivity contribution in [1.82, 2.24) is 0 Å². The molecule has 0 fully saturated rings. The van der Waals surface area contributed by atoms with Gasteiger partial charge in [-0.2, -0.15) is 5.26 Å². The average Bonchev–Trinajstić information content (AvgIpc) is 2.03. The number of rotatable bonds is 3. The maximum absolute atomic E-state index is 8.64. The van der Waals surface area contributed by atoms with E-state index in [9.17, 15) is 0 Å². The summed E-state index contributed by atoms with van der Waals surface area (Å²) in [6, 6.07) is 2.04. The van der Waals surface area contributed by atoms with Gasteiger partial charge in [0.05, 0.1) is 5.57 Å². The molecule has 0 aromatic carbocycles. The molecule has 0 aromatic heterocycles. The Labute approximate surface area is 73.9 Å². The summed E-state index contributed by atoms with van der Waals surface area (Å²) in [5.74, 6) is 0.464. The van der Waals surface area contributed by atoms with Gasteiger partial charge in [-0.1, -0.05) is 19.4 Å². The van der Waals surface area contributed by atoms with Crippen LogP contribution >= 0.6 is 0 Å². The summed E-state index contributed by atoms with van der Waals surface area (Å²) in [5, 5.41) is 8.64. The molecule has 0 spiro atoms. The molecular formula is C10H14N2. The summed E-state index contributed by atoms with van der Waals surface area (Å²) in [6.07, 6.45) is 3.30. The minimum Gasteiger partial charge on any atom is -0.271 e. The minimum absolute atomic E-state index is 0.464. The van der Waals surface area contributed by atoms with E-state index in [2.05, 4.69) is 25.6 Å². The van der Waals surface area contributed by atoms with Crippen molar-refractivity contribution >= 4 is 6.72 Å². The molecule has 64 valence electrons. The maximum Gasteiger partial charge on any atom is 0.101 e. The highest BCUT2D eigenvalue weighted by Gasteiger charge is 1.97. The lowest BCUT2D eigenvalue weighted by molar-refractivity contribution is 0.769. The van der Waals surface area contributed by atoms with E-state index in [1.165, 1.54) is 11.8 Å². The predicted molar refractivity (Wildman–Crippen MR) is 51.8 cm³/mol. The van der Waals surface area contributed by atoms with Crippen molar-refractivity contribution in [3.63, 3.8) is 0 Å². The monoisotopic (exact) mass is 162 g/mol. The molecule has 0 aliphatic heterocycles. The van der Waals surface area contributed by atoms with Crippen LogP contribution in [0.15, 0.2) is 28.4 Å². The molecule has 0 radical (unpaired) electrons. The fraction of sp³-hybridized carbons (Fsp3) is 0.400. The maximum atomic E-state index is 8.64. The van der Waals surface area contributed by atoms with E-state index >= 15 is 0 Å². The molecule has 0 saturated heterocycles. The lowest BCUT2D eigenvalue weighted by Gasteiger charge is -2.02. The topological polar surface area (TPSA) is 36.1 Å². The number of nitrogens with zero attached hydrogens (tertiary/aromatic N) is 2. The molecule has 0 atom stereocenters. The fourth-order valence-electron chi connectivity index (χ4n) is 0.609. The minimum atomic E-state index is 0.464. The Hall–Kier alpha value is -1.36. The van der Waals surface area contributed by atoms with Crippen LogP contribution in [0.3, 0.4) is 0 Å². The number of hydrogen-bond donors (Lipinski definition) is 0. The Kier molecular flexibility index (Phi) is 4.71. The van der Waals surface area contributed by atoms with Crippen molar-refractivity contribution in [1.29, 1.82) is 5.26 Å². The van der Waals surface area contributed by atoms with E-state index < -0.39 is 0 Å². The highest BCUT2D eigenvalue weighted by molar-refractivity contribution is 5.37. The summed E-state index contributed by atoms with van der Waals surface area (Å²) in [7, 11) is 0. The van der Waals surface area contributed by atoms with Crippen molar-refractivity contribution in [2.75, 3.05) is 0 Å². The second-order valence-electron chi connectivity index (χ2n) is 2.92. The van der Waals surface area contributed by atoms with Gasteiger partial charge in [-0.25, -0.2) is 0 Å². The van der Waals surface area contributed by atoms with Gasteiger partial charge < -0.3 is 0 Å². The van der Waals surface area contributed by atoms with Gasteiger partial charge in [0, 0.05) is 6.20 Å². The van der Waals surface area contributed by atoms with Crippen LogP contribution in [0.4, 0.5) is 0 Å². The summed E-state index contributed by atoms with van der Waals surface area (Å²) < 4.78 is 0. The third-order valence-electron chi connectivity index (χ3n) is 1.65. The zero-order valence-corrected chi connectivity index (χ0v) is 7.83. The predicted octanol–water partition coefficient (Wildman–Crippen LogP) is 2.70. The Balaban J connectivity index is 4.61. The summed E-state index contributed by atoms with van der Waals surface area (Å²) >= 11 is 0. The van der Waals surface area contributed by atoms with E-state index in [4.69, 9.17) is 5.26 Å². The Morgan fingerprint density at radius 1 is 1.58 bits per heavy atom. The first-order valence-corrected chi connectivity index (χ1v) is 3.86. The van der Waals surface area contributed by atoms with E-state index in [1.54, 1.807) is 0 Å². The lowest BCUT2D eigenvalue weighted by Crippen LogP contribution is -1.88. The third-order valence-corrected chi connectivity index (χ3v) is 1.65.